The van der Waals surface area contributed by atoms with Crippen molar-refractivity contribution >= 4 is 28.5 Å². The number of imide groups is 1. The fraction of sp³-hybridized carbons (Fsp3) is 0.679. The third-order valence-corrected chi connectivity index (χ3v) is 9.67. The van der Waals surface area contributed by atoms with Crippen LogP contribution in [0.15, 0.2) is 23.0 Å². The molecule has 6 rings (SSSR count). The zero-order valence-electron chi connectivity index (χ0n) is 22.0. The van der Waals surface area contributed by atoms with Crippen LogP contribution in [-0.4, -0.2) is 71.7 Å². The van der Waals surface area contributed by atoms with Gasteiger partial charge in [0.05, 0.1) is 11.0 Å². The predicted octanol–water partition coefficient (Wildman–Crippen LogP) is 2.00. The summed E-state index contributed by atoms with van der Waals surface area (Å²) in [5, 5.41) is 5.90. The highest BCUT2D eigenvalue weighted by atomic mass is 16.2. The monoisotopic (exact) mass is 508 g/mol. The zero-order chi connectivity index (χ0) is 25.6. The molecule has 4 saturated heterocycles. The number of fused-ring (bicyclic) bond motifs is 1. The summed E-state index contributed by atoms with van der Waals surface area (Å²) < 4.78 is 3.18. The Morgan fingerprint density at radius 1 is 0.919 bits per heavy atom. The lowest BCUT2D eigenvalue weighted by Crippen LogP contribution is -2.47. The van der Waals surface area contributed by atoms with Crippen molar-refractivity contribution in [2.75, 3.05) is 50.7 Å². The maximum absolute atomic E-state index is 13.1. The summed E-state index contributed by atoms with van der Waals surface area (Å²) in [5.74, 6) is 0.0860. The second-order valence-corrected chi connectivity index (χ2v) is 11.8. The Balaban J connectivity index is 1.09. The maximum atomic E-state index is 13.1. The Morgan fingerprint density at radius 3 is 2.35 bits per heavy atom. The number of imidazole rings is 1. The summed E-state index contributed by atoms with van der Waals surface area (Å²) in [6, 6.07) is 5.48. The Kier molecular flexibility index (Phi) is 6.61. The average Bonchev–Trinajstić information content (AvgIpc) is 3.16. The van der Waals surface area contributed by atoms with Crippen molar-refractivity contribution in [1.82, 2.24) is 24.7 Å². The van der Waals surface area contributed by atoms with Crippen molar-refractivity contribution in [3.05, 3.63) is 28.7 Å². The van der Waals surface area contributed by atoms with Gasteiger partial charge in [-0.15, -0.1) is 0 Å². The van der Waals surface area contributed by atoms with Gasteiger partial charge in [-0.3, -0.25) is 24.0 Å². The molecule has 1 spiro atoms. The van der Waals surface area contributed by atoms with E-state index in [0.717, 1.165) is 35.7 Å². The van der Waals surface area contributed by atoms with Gasteiger partial charge in [-0.2, -0.15) is 0 Å². The van der Waals surface area contributed by atoms with Crippen molar-refractivity contribution in [2.24, 2.45) is 18.4 Å². The summed E-state index contributed by atoms with van der Waals surface area (Å²) in [4.78, 5) is 42.3. The van der Waals surface area contributed by atoms with Crippen LogP contribution in [0.3, 0.4) is 0 Å². The predicted molar refractivity (Wildman–Crippen MR) is 144 cm³/mol. The van der Waals surface area contributed by atoms with E-state index in [1.165, 1.54) is 71.2 Å². The van der Waals surface area contributed by atoms with E-state index in [2.05, 4.69) is 32.6 Å². The van der Waals surface area contributed by atoms with Crippen molar-refractivity contribution < 1.29 is 9.59 Å². The minimum absolute atomic E-state index is 0.215. The summed E-state index contributed by atoms with van der Waals surface area (Å²) >= 11 is 0. The number of carbonyl (C=O) groups excluding carboxylic acids is 2. The lowest BCUT2D eigenvalue weighted by atomic mass is 9.71. The average molecular weight is 509 g/mol. The fourth-order valence-electron chi connectivity index (χ4n) is 7.18. The number of nitrogens with zero attached hydrogens (tertiary/aromatic N) is 4. The van der Waals surface area contributed by atoms with E-state index in [0.29, 0.717) is 11.8 Å². The minimum atomic E-state index is -0.644. The fourth-order valence-corrected chi connectivity index (χ4v) is 7.18. The van der Waals surface area contributed by atoms with E-state index in [1.807, 2.05) is 6.07 Å². The first-order valence-electron chi connectivity index (χ1n) is 14.2. The van der Waals surface area contributed by atoms with Crippen LogP contribution in [-0.2, 0) is 16.6 Å². The molecule has 200 valence electrons. The van der Waals surface area contributed by atoms with Crippen LogP contribution in [0, 0.1) is 11.3 Å². The topological polar surface area (TPSA) is 91.6 Å². The zero-order valence-corrected chi connectivity index (χ0v) is 22.0. The Hall–Kier alpha value is -2.65. The Morgan fingerprint density at radius 2 is 1.65 bits per heavy atom. The number of carbonyl (C=O) groups is 2. The third-order valence-electron chi connectivity index (χ3n) is 9.67. The molecular formula is C28H40N6O3. The van der Waals surface area contributed by atoms with Gasteiger partial charge in [0.2, 0.25) is 11.8 Å². The van der Waals surface area contributed by atoms with Crippen LogP contribution < -0.4 is 21.2 Å². The molecule has 1 aromatic heterocycles. The Bertz CT molecular complexity index is 1220. The molecule has 1 atom stereocenters. The minimum Gasteiger partial charge on any atom is -0.371 e. The second kappa shape index (κ2) is 9.91. The molecule has 0 radical (unpaired) electrons. The van der Waals surface area contributed by atoms with E-state index in [9.17, 15) is 14.4 Å². The summed E-state index contributed by atoms with van der Waals surface area (Å²) in [5.41, 5.74) is 3.11. The van der Waals surface area contributed by atoms with Crippen LogP contribution in [0.5, 0.6) is 0 Å². The third kappa shape index (κ3) is 4.72. The second-order valence-electron chi connectivity index (χ2n) is 11.8. The molecule has 2 N–H and O–H groups in total. The number of piperidine rings is 4. The van der Waals surface area contributed by atoms with Gasteiger partial charge < -0.3 is 15.1 Å². The van der Waals surface area contributed by atoms with Crippen LogP contribution in [0.25, 0.3) is 11.0 Å². The SMILES string of the molecule is Cn1c(=O)n(C2CCC(=O)NC2=O)c2ccc(N3CCC(CN4CCC5(CCNCC5)CC4)CC3)cc21. The first-order valence-corrected chi connectivity index (χ1v) is 14.2. The largest absolute Gasteiger partial charge is 0.371 e. The lowest BCUT2D eigenvalue weighted by Gasteiger charge is -2.45. The molecule has 0 saturated carbocycles. The van der Waals surface area contributed by atoms with E-state index in [4.69, 9.17) is 0 Å². The van der Waals surface area contributed by atoms with Crippen molar-refractivity contribution in [3.8, 4) is 0 Å². The number of anilines is 1. The number of nitrogens with one attached hydrogen (secondary N) is 2. The normalized spacial score (nSPS) is 25.6. The highest BCUT2D eigenvalue weighted by Crippen LogP contribution is 2.40. The lowest BCUT2D eigenvalue weighted by molar-refractivity contribution is -0.135. The number of hydrogen-bond acceptors (Lipinski definition) is 6. The number of aromatic nitrogens is 2. The van der Waals surface area contributed by atoms with Gasteiger partial charge in [-0.05, 0) is 101 Å². The van der Waals surface area contributed by atoms with Crippen LogP contribution in [0.1, 0.15) is 57.4 Å². The highest BCUT2D eigenvalue weighted by Gasteiger charge is 2.36. The maximum Gasteiger partial charge on any atom is 0.329 e. The molecule has 4 aliphatic heterocycles. The van der Waals surface area contributed by atoms with Crippen LogP contribution in [0.2, 0.25) is 0 Å². The van der Waals surface area contributed by atoms with Crippen molar-refractivity contribution in [1.29, 1.82) is 0 Å². The summed E-state index contributed by atoms with van der Waals surface area (Å²) in [7, 11) is 1.76. The molecule has 9 nitrogen and oxygen atoms in total. The number of aryl methyl sites for hydroxylation is 1. The molecule has 1 unspecified atom stereocenters. The molecule has 37 heavy (non-hydrogen) atoms. The molecular weight excluding hydrogens is 468 g/mol. The van der Waals surface area contributed by atoms with Gasteiger partial charge in [0, 0.05) is 38.8 Å². The number of hydrogen-bond donors (Lipinski definition) is 2. The van der Waals surface area contributed by atoms with Gasteiger partial charge >= 0.3 is 5.69 Å². The van der Waals surface area contributed by atoms with Crippen LogP contribution >= 0.6 is 0 Å². The van der Waals surface area contributed by atoms with E-state index in [-0.39, 0.29) is 18.0 Å². The van der Waals surface area contributed by atoms with Crippen molar-refractivity contribution in [2.45, 2.75) is 57.4 Å². The van der Waals surface area contributed by atoms with Gasteiger partial charge in [0.15, 0.2) is 0 Å². The molecule has 4 aliphatic rings. The van der Waals surface area contributed by atoms with Gasteiger partial charge in [0.25, 0.3) is 0 Å². The summed E-state index contributed by atoms with van der Waals surface area (Å²) in [6.07, 6.45) is 8.43. The van der Waals surface area contributed by atoms with E-state index >= 15 is 0 Å². The van der Waals surface area contributed by atoms with Gasteiger partial charge in [-0.1, -0.05) is 0 Å². The number of likely N-dealkylation sites (tertiary alicyclic amines) is 1. The van der Waals surface area contributed by atoms with Crippen molar-refractivity contribution in [3.63, 3.8) is 0 Å². The quantitative estimate of drug-likeness (QED) is 0.614. The Labute approximate surface area is 218 Å². The highest BCUT2D eigenvalue weighted by molar-refractivity contribution is 6.00. The van der Waals surface area contributed by atoms with E-state index < -0.39 is 11.9 Å². The van der Waals surface area contributed by atoms with E-state index in [1.54, 1.807) is 16.2 Å². The van der Waals surface area contributed by atoms with Crippen LogP contribution in [0.4, 0.5) is 5.69 Å². The molecule has 2 aromatic rings. The smallest absolute Gasteiger partial charge is 0.329 e. The molecule has 4 fully saturated rings. The summed E-state index contributed by atoms with van der Waals surface area (Å²) in [6.45, 7) is 8.19. The molecule has 0 aliphatic carbocycles. The first kappa shape index (κ1) is 24.7. The first-order chi connectivity index (χ1) is 17.9. The molecule has 0 bridgehead atoms. The van der Waals surface area contributed by atoms with Gasteiger partial charge in [0.1, 0.15) is 6.04 Å². The number of benzene rings is 1. The molecule has 9 heteroatoms. The standard InChI is InChI=1S/C28H40N6O3/c1-31-24-18-21(2-3-22(24)34(27(31)37)23-4-5-25(35)30-26(23)36)33-14-6-20(7-15-33)19-32-16-10-28(11-17-32)8-12-29-13-9-28/h2-3,18,20,23,29H,4-17,19H2,1H3,(H,30,35,36). The molecule has 1 aromatic carbocycles. The molecule has 2 amide bonds. The molecule has 5 heterocycles. The van der Waals surface area contributed by atoms with Gasteiger partial charge in [-0.25, -0.2) is 4.79 Å². The number of rotatable bonds is 4. The number of amides is 2.